The standard InChI is InChI=1S/C32H37ClF3N7O2/c1-2-27(44)43-19-18-42(20-22(43)8-13-37)29-23-9-16-41(26-7-5-6-24(33)28(26)32(34,35)36)21-25(23)38-30(39-29)45-31(10-11-31)12-17-40-14-3-4-15-40/h2,5-7,22H,1,3-4,8-12,14-21H2. The summed E-state index contributed by atoms with van der Waals surface area (Å²) in [5.41, 5.74) is 0.249. The Morgan fingerprint density at radius 2 is 1.93 bits per heavy atom. The van der Waals surface area contributed by atoms with Gasteiger partial charge in [0, 0.05) is 38.3 Å². The Balaban J connectivity index is 1.33. The SMILES string of the molecule is C=CC(=O)N1CCN(c2nc(OC3(CCN4CCCC4)CC3)nc3c2CCN(c2cccc(Cl)c2C(F)(F)F)C3)CC1CC#N. The number of fused-ring (bicyclic) bond motifs is 1. The highest BCUT2D eigenvalue weighted by atomic mass is 35.5. The lowest BCUT2D eigenvalue weighted by molar-refractivity contribution is -0.137. The average Bonchev–Trinajstić information content (AvgIpc) is 3.57. The van der Waals surface area contributed by atoms with Crippen LogP contribution in [0.5, 0.6) is 6.01 Å². The summed E-state index contributed by atoms with van der Waals surface area (Å²) in [6.45, 7) is 8.41. The van der Waals surface area contributed by atoms with E-state index < -0.39 is 11.7 Å². The first-order valence-corrected chi connectivity index (χ1v) is 16.0. The molecule has 9 nitrogen and oxygen atoms in total. The zero-order chi connectivity index (χ0) is 31.8. The summed E-state index contributed by atoms with van der Waals surface area (Å²) in [4.78, 5) is 30.1. The fourth-order valence-corrected chi connectivity index (χ4v) is 7.07. The summed E-state index contributed by atoms with van der Waals surface area (Å²) in [6.07, 6.45) is 2.27. The van der Waals surface area contributed by atoms with E-state index in [9.17, 15) is 23.2 Å². The van der Waals surface area contributed by atoms with E-state index in [0.717, 1.165) is 44.5 Å². The minimum Gasteiger partial charge on any atom is -0.457 e. The first kappa shape index (κ1) is 31.4. The second-order valence-corrected chi connectivity index (χ2v) is 12.7. The van der Waals surface area contributed by atoms with Gasteiger partial charge in [-0.3, -0.25) is 4.79 Å². The minimum atomic E-state index is -4.62. The molecule has 1 saturated carbocycles. The van der Waals surface area contributed by atoms with Gasteiger partial charge in [-0.05, 0) is 69.8 Å². The number of benzene rings is 1. The molecule has 4 aliphatic rings. The second kappa shape index (κ2) is 12.7. The van der Waals surface area contributed by atoms with Crippen LogP contribution in [0, 0.1) is 11.3 Å². The number of amides is 1. The predicted molar refractivity (Wildman–Crippen MR) is 164 cm³/mol. The van der Waals surface area contributed by atoms with E-state index in [2.05, 4.69) is 22.4 Å². The molecular weight excluding hydrogens is 607 g/mol. The molecule has 0 N–H and O–H groups in total. The fourth-order valence-electron chi connectivity index (χ4n) is 6.80. The van der Waals surface area contributed by atoms with Crippen molar-refractivity contribution in [2.75, 3.05) is 55.6 Å². The van der Waals surface area contributed by atoms with E-state index in [4.69, 9.17) is 26.3 Å². The lowest BCUT2D eigenvalue weighted by Gasteiger charge is -2.42. The first-order valence-electron chi connectivity index (χ1n) is 15.6. The second-order valence-electron chi connectivity index (χ2n) is 12.3. The molecule has 13 heteroatoms. The van der Waals surface area contributed by atoms with Crippen LogP contribution in [0.3, 0.4) is 0 Å². The third kappa shape index (κ3) is 6.70. The van der Waals surface area contributed by atoms with Crippen molar-refractivity contribution in [3.8, 4) is 12.1 Å². The van der Waals surface area contributed by atoms with Crippen molar-refractivity contribution >= 4 is 29.0 Å². The van der Waals surface area contributed by atoms with E-state index in [1.165, 1.54) is 37.1 Å². The molecule has 3 aliphatic heterocycles. The zero-order valence-electron chi connectivity index (χ0n) is 25.2. The monoisotopic (exact) mass is 643 g/mol. The predicted octanol–water partition coefficient (Wildman–Crippen LogP) is 5.23. The number of aromatic nitrogens is 2. The highest BCUT2D eigenvalue weighted by molar-refractivity contribution is 6.31. The molecule has 2 aromatic rings. The van der Waals surface area contributed by atoms with Crippen LogP contribution in [0.1, 0.15) is 55.3 Å². The number of halogens is 4. The quantitative estimate of drug-likeness (QED) is 0.344. The molecule has 1 aromatic carbocycles. The van der Waals surface area contributed by atoms with Gasteiger partial charge in [-0.25, -0.2) is 0 Å². The molecule has 6 rings (SSSR count). The van der Waals surface area contributed by atoms with Crippen molar-refractivity contribution in [2.45, 2.75) is 69.3 Å². The number of carbonyl (C=O) groups is 1. The molecule has 0 bridgehead atoms. The van der Waals surface area contributed by atoms with Crippen molar-refractivity contribution in [3.63, 3.8) is 0 Å². The Labute approximate surface area is 266 Å². The van der Waals surface area contributed by atoms with E-state index >= 15 is 0 Å². The normalized spacial score (nSPS) is 21.3. The number of likely N-dealkylation sites (tertiary alicyclic amines) is 1. The van der Waals surface area contributed by atoms with Gasteiger partial charge in [0.2, 0.25) is 5.91 Å². The number of nitrogens with zero attached hydrogens (tertiary/aromatic N) is 7. The third-order valence-corrected chi connectivity index (χ3v) is 9.72. The van der Waals surface area contributed by atoms with Crippen molar-refractivity contribution in [3.05, 3.63) is 52.7 Å². The number of carbonyl (C=O) groups excluding carboxylic acids is 1. The third-order valence-electron chi connectivity index (χ3n) is 9.40. The maximum atomic E-state index is 14.1. The van der Waals surface area contributed by atoms with Crippen molar-refractivity contribution in [2.24, 2.45) is 0 Å². The highest BCUT2D eigenvalue weighted by Crippen LogP contribution is 2.45. The van der Waals surface area contributed by atoms with Crippen molar-refractivity contribution < 1.29 is 22.7 Å². The molecule has 0 spiro atoms. The summed E-state index contributed by atoms with van der Waals surface area (Å²) in [5, 5.41) is 9.16. The van der Waals surface area contributed by atoms with Gasteiger partial charge in [-0.1, -0.05) is 24.2 Å². The molecule has 2 saturated heterocycles. The summed E-state index contributed by atoms with van der Waals surface area (Å²) in [6, 6.07) is 6.27. The molecule has 1 aromatic heterocycles. The Morgan fingerprint density at radius 1 is 1.16 bits per heavy atom. The number of rotatable bonds is 9. The number of hydrogen-bond acceptors (Lipinski definition) is 8. The summed E-state index contributed by atoms with van der Waals surface area (Å²) in [7, 11) is 0. The molecular formula is C32H37ClF3N7O2. The van der Waals surface area contributed by atoms with Crippen molar-refractivity contribution in [1.29, 1.82) is 5.26 Å². The fraction of sp³-hybridized carbons (Fsp3) is 0.562. The largest absolute Gasteiger partial charge is 0.457 e. The lowest BCUT2D eigenvalue weighted by atomic mass is 10.0. The van der Waals surface area contributed by atoms with Crippen LogP contribution in [-0.2, 0) is 23.9 Å². The highest BCUT2D eigenvalue weighted by Gasteiger charge is 2.47. The van der Waals surface area contributed by atoms with Crippen LogP contribution in [0.25, 0.3) is 0 Å². The van der Waals surface area contributed by atoms with Crippen LogP contribution in [0.4, 0.5) is 24.7 Å². The smallest absolute Gasteiger partial charge is 0.419 e. The van der Waals surface area contributed by atoms with Gasteiger partial charge in [0.05, 0.1) is 47.0 Å². The van der Waals surface area contributed by atoms with E-state index in [1.54, 1.807) is 9.80 Å². The first-order chi connectivity index (χ1) is 21.6. The van der Waals surface area contributed by atoms with Crippen LogP contribution in [0.2, 0.25) is 5.02 Å². The number of nitriles is 1. The number of hydrogen-bond donors (Lipinski definition) is 0. The molecule has 1 amide bonds. The summed E-state index contributed by atoms with van der Waals surface area (Å²) < 4.78 is 48.8. The Kier molecular flexibility index (Phi) is 8.85. The van der Waals surface area contributed by atoms with Crippen LogP contribution in [-0.4, -0.2) is 83.1 Å². The molecule has 0 radical (unpaired) electrons. The van der Waals surface area contributed by atoms with E-state index in [1.807, 2.05) is 0 Å². The molecule has 1 aliphatic carbocycles. The Morgan fingerprint density at radius 3 is 2.62 bits per heavy atom. The van der Waals surface area contributed by atoms with Gasteiger partial charge in [0.25, 0.3) is 0 Å². The number of alkyl halides is 3. The molecule has 240 valence electrons. The van der Waals surface area contributed by atoms with E-state index in [-0.39, 0.29) is 47.2 Å². The molecule has 3 fully saturated rings. The topological polar surface area (TPSA) is 88.8 Å². The van der Waals surface area contributed by atoms with Gasteiger partial charge in [0.15, 0.2) is 0 Å². The van der Waals surface area contributed by atoms with Gasteiger partial charge in [-0.15, -0.1) is 0 Å². The maximum Gasteiger partial charge on any atom is 0.419 e. The lowest BCUT2D eigenvalue weighted by Crippen LogP contribution is -2.55. The van der Waals surface area contributed by atoms with Gasteiger partial charge < -0.3 is 24.3 Å². The number of piperazine rings is 1. The Bertz CT molecular complexity index is 1490. The number of ether oxygens (including phenoxy) is 1. The van der Waals surface area contributed by atoms with E-state index in [0.29, 0.717) is 44.1 Å². The Hall–Kier alpha value is -3.56. The molecule has 1 unspecified atom stereocenters. The summed E-state index contributed by atoms with van der Waals surface area (Å²) in [5.74, 6) is 0.427. The van der Waals surface area contributed by atoms with Crippen LogP contribution < -0.4 is 14.5 Å². The molecule has 45 heavy (non-hydrogen) atoms. The van der Waals surface area contributed by atoms with Gasteiger partial charge in [0.1, 0.15) is 11.4 Å². The zero-order valence-corrected chi connectivity index (χ0v) is 25.9. The van der Waals surface area contributed by atoms with Crippen molar-refractivity contribution in [1.82, 2.24) is 19.8 Å². The molecule has 4 heterocycles. The summed E-state index contributed by atoms with van der Waals surface area (Å²) >= 11 is 6.07. The maximum absolute atomic E-state index is 14.1. The van der Waals surface area contributed by atoms with Crippen LogP contribution in [0.15, 0.2) is 30.9 Å². The molecule has 1 atom stereocenters. The van der Waals surface area contributed by atoms with Gasteiger partial charge >= 0.3 is 12.2 Å². The van der Waals surface area contributed by atoms with Crippen LogP contribution >= 0.6 is 11.6 Å². The van der Waals surface area contributed by atoms with Gasteiger partial charge in [-0.2, -0.15) is 28.4 Å². The minimum absolute atomic E-state index is 0.0122. The average molecular weight is 644 g/mol. The number of anilines is 2.